The zero-order chi connectivity index (χ0) is 18.1. The van der Waals surface area contributed by atoms with Crippen LogP contribution in [0.25, 0.3) is 0 Å². The first-order valence-electron chi connectivity index (χ1n) is 9.15. The molecule has 7 nitrogen and oxygen atoms in total. The summed E-state index contributed by atoms with van der Waals surface area (Å²) in [5, 5.41) is 6.77. The molecule has 0 amide bonds. The van der Waals surface area contributed by atoms with Crippen LogP contribution in [0.2, 0.25) is 0 Å². The van der Waals surface area contributed by atoms with Gasteiger partial charge in [0.15, 0.2) is 5.96 Å². The fourth-order valence-electron chi connectivity index (χ4n) is 2.91. The maximum atomic E-state index is 5.57. The summed E-state index contributed by atoms with van der Waals surface area (Å²) in [6.45, 7) is 10.3. The predicted molar refractivity (Wildman–Crippen MR) is 101 cm³/mol. The molecule has 0 spiro atoms. The lowest BCUT2D eigenvalue weighted by atomic mass is 10.2. The molecule has 1 aromatic rings. The van der Waals surface area contributed by atoms with Gasteiger partial charge >= 0.3 is 0 Å². The van der Waals surface area contributed by atoms with Crippen molar-refractivity contribution in [3.05, 3.63) is 24.2 Å². The molecule has 142 valence electrons. The van der Waals surface area contributed by atoms with E-state index in [4.69, 9.17) is 14.1 Å². The Balaban J connectivity index is 1.89. The Hall–Kier alpha value is -1.57. The third kappa shape index (κ3) is 6.34. The standard InChI is InChI=1S/C18H33N5O2/c1-5-19-18(20-13-15(2)23-8-11-24-12-9-23)21-14-16(22(3)4)17-7-6-10-25-17/h6-7,10,15-16H,5,8-9,11-14H2,1-4H3,(H2,19,20,21). The van der Waals surface area contributed by atoms with Crippen molar-refractivity contribution < 1.29 is 9.15 Å². The highest BCUT2D eigenvalue weighted by molar-refractivity contribution is 5.79. The summed E-state index contributed by atoms with van der Waals surface area (Å²) in [5.41, 5.74) is 0. The zero-order valence-corrected chi connectivity index (χ0v) is 16.0. The molecule has 1 saturated heterocycles. The van der Waals surface area contributed by atoms with Crippen molar-refractivity contribution >= 4 is 5.96 Å². The number of hydrogen-bond donors (Lipinski definition) is 2. The van der Waals surface area contributed by atoms with Crippen LogP contribution in [0.15, 0.2) is 27.8 Å². The van der Waals surface area contributed by atoms with Crippen LogP contribution >= 0.6 is 0 Å². The van der Waals surface area contributed by atoms with Gasteiger partial charge in [-0.05, 0) is 40.1 Å². The Morgan fingerprint density at radius 2 is 2.08 bits per heavy atom. The number of hydrogen-bond acceptors (Lipinski definition) is 5. The van der Waals surface area contributed by atoms with Crippen molar-refractivity contribution in [2.75, 3.05) is 60.0 Å². The molecule has 1 aromatic heterocycles. The van der Waals surface area contributed by atoms with Crippen molar-refractivity contribution in [3.8, 4) is 0 Å². The molecule has 0 radical (unpaired) electrons. The molecule has 7 heteroatoms. The van der Waals surface area contributed by atoms with Crippen LogP contribution in [0.3, 0.4) is 0 Å². The van der Waals surface area contributed by atoms with Gasteiger partial charge in [-0.15, -0.1) is 0 Å². The monoisotopic (exact) mass is 351 g/mol. The van der Waals surface area contributed by atoms with E-state index in [0.29, 0.717) is 6.04 Å². The van der Waals surface area contributed by atoms with Gasteiger partial charge in [0.05, 0.1) is 32.1 Å². The Labute approximate surface area is 151 Å². The second-order valence-electron chi connectivity index (χ2n) is 6.59. The van der Waals surface area contributed by atoms with Gasteiger partial charge in [0.1, 0.15) is 5.76 Å². The SMILES string of the molecule is CCNC(=NCC(C)N1CCOCC1)NCC(c1ccco1)N(C)C. The minimum atomic E-state index is 0.163. The minimum absolute atomic E-state index is 0.163. The van der Waals surface area contributed by atoms with E-state index < -0.39 is 0 Å². The molecule has 2 heterocycles. The maximum Gasteiger partial charge on any atom is 0.191 e. The van der Waals surface area contributed by atoms with Gasteiger partial charge in [-0.2, -0.15) is 0 Å². The van der Waals surface area contributed by atoms with Crippen LogP contribution in [0.1, 0.15) is 25.6 Å². The average Bonchev–Trinajstić information content (AvgIpc) is 3.14. The summed E-state index contributed by atoms with van der Waals surface area (Å²) < 4.78 is 11.0. The number of nitrogens with zero attached hydrogens (tertiary/aromatic N) is 3. The summed E-state index contributed by atoms with van der Waals surface area (Å²) in [5.74, 6) is 1.80. The Morgan fingerprint density at radius 1 is 1.32 bits per heavy atom. The molecule has 1 aliphatic heterocycles. The number of morpholine rings is 1. The van der Waals surface area contributed by atoms with Gasteiger partial charge in [-0.25, -0.2) is 0 Å². The number of aliphatic imine (C=N–C) groups is 1. The molecule has 1 aliphatic rings. The smallest absolute Gasteiger partial charge is 0.191 e. The summed E-state index contributed by atoms with van der Waals surface area (Å²) in [6, 6.07) is 4.51. The molecular formula is C18H33N5O2. The fourth-order valence-corrected chi connectivity index (χ4v) is 2.91. The average molecular weight is 351 g/mol. The van der Waals surface area contributed by atoms with Gasteiger partial charge in [0.25, 0.3) is 0 Å². The van der Waals surface area contributed by atoms with E-state index in [0.717, 1.165) is 57.7 Å². The lowest BCUT2D eigenvalue weighted by Gasteiger charge is -2.31. The first-order chi connectivity index (χ1) is 12.1. The lowest BCUT2D eigenvalue weighted by molar-refractivity contribution is 0.0220. The van der Waals surface area contributed by atoms with Crippen LogP contribution < -0.4 is 10.6 Å². The molecule has 0 saturated carbocycles. The number of nitrogens with one attached hydrogen (secondary N) is 2. The Morgan fingerprint density at radius 3 is 2.68 bits per heavy atom. The zero-order valence-electron chi connectivity index (χ0n) is 16.0. The minimum Gasteiger partial charge on any atom is -0.468 e. The Kier molecular flexibility index (Phi) is 8.24. The van der Waals surface area contributed by atoms with E-state index in [2.05, 4.69) is 48.4 Å². The number of ether oxygens (including phenoxy) is 1. The number of rotatable bonds is 8. The normalized spacial score (nSPS) is 19.0. The van der Waals surface area contributed by atoms with Gasteiger partial charge in [0.2, 0.25) is 0 Å². The molecule has 25 heavy (non-hydrogen) atoms. The number of guanidine groups is 1. The summed E-state index contributed by atoms with van der Waals surface area (Å²) in [6.07, 6.45) is 1.72. The largest absolute Gasteiger partial charge is 0.468 e. The van der Waals surface area contributed by atoms with E-state index in [1.54, 1.807) is 6.26 Å². The molecule has 0 aromatic carbocycles. The molecular weight excluding hydrogens is 318 g/mol. The second kappa shape index (κ2) is 10.4. The second-order valence-corrected chi connectivity index (χ2v) is 6.59. The van der Waals surface area contributed by atoms with Crippen LogP contribution in [-0.2, 0) is 4.74 Å². The van der Waals surface area contributed by atoms with Crippen LogP contribution in [0.4, 0.5) is 0 Å². The first kappa shape index (κ1) is 19.8. The molecule has 2 unspecified atom stereocenters. The van der Waals surface area contributed by atoms with Crippen LogP contribution in [-0.4, -0.2) is 81.8 Å². The molecule has 1 fully saturated rings. The van der Waals surface area contributed by atoms with E-state index in [9.17, 15) is 0 Å². The van der Waals surface area contributed by atoms with Gasteiger partial charge < -0.3 is 19.8 Å². The van der Waals surface area contributed by atoms with Crippen molar-refractivity contribution in [2.45, 2.75) is 25.9 Å². The number of furan rings is 1. The maximum absolute atomic E-state index is 5.57. The van der Waals surface area contributed by atoms with Crippen molar-refractivity contribution in [2.24, 2.45) is 4.99 Å². The van der Waals surface area contributed by atoms with Crippen molar-refractivity contribution in [1.29, 1.82) is 0 Å². The molecule has 2 N–H and O–H groups in total. The highest BCUT2D eigenvalue weighted by Crippen LogP contribution is 2.17. The van der Waals surface area contributed by atoms with Crippen molar-refractivity contribution in [3.63, 3.8) is 0 Å². The molecule has 0 bridgehead atoms. The quantitative estimate of drug-likeness (QED) is 0.541. The highest BCUT2D eigenvalue weighted by Gasteiger charge is 2.18. The van der Waals surface area contributed by atoms with E-state index in [-0.39, 0.29) is 6.04 Å². The lowest BCUT2D eigenvalue weighted by Crippen LogP contribution is -2.45. The van der Waals surface area contributed by atoms with Gasteiger partial charge in [-0.3, -0.25) is 14.8 Å². The molecule has 2 atom stereocenters. The van der Waals surface area contributed by atoms with Crippen LogP contribution in [0.5, 0.6) is 0 Å². The third-order valence-electron chi connectivity index (χ3n) is 4.48. The topological polar surface area (TPSA) is 65.3 Å². The Bertz CT molecular complexity index is 498. The third-order valence-corrected chi connectivity index (χ3v) is 4.48. The molecule has 0 aliphatic carbocycles. The predicted octanol–water partition coefficient (Wildman–Crippen LogP) is 1.16. The van der Waals surface area contributed by atoms with Gasteiger partial charge in [-0.1, -0.05) is 0 Å². The van der Waals surface area contributed by atoms with Crippen molar-refractivity contribution in [1.82, 2.24) is 20.4 Å². The van der Waals surface area contributed by atoms with E-state index in [1.165, 1.54) is 0 Å². The van der Waals surface area contributed by atoms with E-state index in [1.807, 2.05) is 12.1 Å². The van der Waals surface area contributed by atoms with Gasteiger partial charge in [0, 0.05) is 32.2 Å². The number of likely N-dealkylation sites (N-methyl/N-ethyl adjacent to an activating group) is 1. The fraction of sp³-hybridized carbons (Fsp3) is 0.722. The highest BCUT2D eigenvalue weighted by atomic mass is 16.5. The molecule has 2 rings (SSSR count). The summed E-state index contributed by atoms with van der Waals surface area (Å²) in [4.78, 5) is 9.34. The van der Waals surface area contributed by atoms with Crippen LogP contribution in [0, 0.1) is 0 Å². The van der Waals surface area contributed by atoms with E-state index >= 15 is 0 Å². The first-order valence-corrected chi connectivity index (χ1v) is 9.15. The summed E-state index contributed by atoms with van der Waals surface area (Å²) >= 11 is 0. The summed E-state index contributed by atoms with van der Waals surface area (Å²) in [7, 11) is 4.11.